The zero-order chi connectivity index (χ0) is 25.6. The molecule has 0 aliphatic heterocycles. The Kier molecular flexibility index (Phi) is 9.23. The number of carbonyl (C=O) groups excluding carboxylic acids is 1. The standard InChI is InChI=1S/C25H34N4O4S2/c1-6-27(7-2)17-18-29(25-26-23-21(33-5)11-10-12-22(23)34-25)24(30)19-13-15-20(16-14-19)35(31,32)28(8-3)9-4/h10-16H,6-9,17-18H2,1-5H3. The highest BCUT2D eigenvalue weighted by atomic mass is 32.2. The number of benzene rings is 2. The number of nitrogens with zero attached hydrogens (tertiary/aromatic N) is 4. The van der Waals surface area contributed by atoms with Gasteiger partial charge in [-0.3, -0.25) is 9.69 Å². The maximum Gasteiger partial charge on any atom is 0.260 e. The largest absolute Gasteiger partial charge is 0.494 e. The summed E-state index contributed by atoms with van der Waals surface area (Å²) in [5.41, 5.74) is 1.13. The number of ether oxygens (including phenoxy) is 1. The maximum atomic E-state index is 13.7. The number of thiazole rings is 1. The van der Waals surface area contributed by atoms with E-state index in [9.17, 15) is 13.2 Å². The molecular formula is C25H34N4O4S2. The molecule has 0 unspecified atom stereocenters. The van der Waals surface area contributed by atoms with Gasteiger partial charge in [0, 0.05) is 31.7 Å². The normalized spacial score (nSPS) is 12.0. The van der Waals surface area contributed by atoms with Crippen molar-refractivity contribution >= 4 is 42.6 Å². The Morgan fingerprint density at radius 2 is 1.60 bits per heavy atom. The number of fused-ring (bicyclic) bond motifs is 1. The van der Waals surface area contributed by atoms with Gasteiger partial charge in [0.1, 0.15) is 11.3 Å². The molecule has 0 radical (unpaired) electrons. The summed E-state index contributed by atoms with van der Waals surface area (Å²) < 4.78 is 33.5. The van der Waals surface area contributed by atoms with Crippen molar-refractivity contribution in [3.8, 4) is 5.75 Å². The van der Waals surface area contributed by atoms with Crippen LogP contribution in [0.15, 0.2) is 47.4 Å². The van der Waals surface area contributed by atoms with Crippen LogP contribution in [0.2, 0.25) is 0 Å². The van der Waals surface area contributed by atoms with Gasteiger partial charge in [-0.15, -0.1) is 0 Å². The third-order valence-electron chi connectivity index (χ3n) is 6.05. The summed E-state index contributed by atoms with van der Waals surface area (Å²) in [6, 6.07) is 11.9. The molecule has 1 aromatic heterocycles. The lowest BCUT2D eigenvalue weighted by Gasteiger charge is -2.25. The molecule has 3 aromatic rings. The van der Waals surface area contributed by atoms with Crippen LogP contribution < -0.4 is 9.64 Å². The summed E-state index contributed by atoms with van der Waals surface area (Å²) in [6.07, 6.45) is 0. The summed E-state index contributed by atoms with van der Waals surface area (Å²) in [5.74, 6) is 0.439. The number of para-hydroxylation sites is 1. The highest BCUT2D eigenvalue weighted by molar-refractivity contribution is 7.89. The van der Waals surface area contributed by atoms with Crippen molar-refractivity contribution in [2.24, 2.45) is 0 Å². The van der Waals surface area contributed by atoms with E-state index in [0.29, 0.717) is 42.6 Å². The molecule has 1 heterocycles. The zero-order valence-electron chi connectivity index (χ0n) is 21.0. The monoisotopic (exact) mass is 518 g/mol. The maximum absolute atomic E-state index is 13.7. The summed E-state index contributed by atoms with van der Waals surface area (Å²) in [7, 11) is -1.99. The van der Waals surface area contributed by atoms with E-state index in [2.05, 4.69) is 18.7 Å². The Morgan fingerprint density at radius 3 is 2.17 bits per heavy atom. The van der Waals surface area contributed by atoms with Crippen LogP contribution in [0.3, 0.4) is 0 Å². The van der Waals surface area contributed by atoms with E-state index in [4.69, 9.17) is 9.72 Å². The minimum atomic E-state index is -3.59. The van der Waals surface area contributed by atoms with E-state index in [-0.39, 0.29) is 10.8 Å². The molecule has 0 saturated carbocycles. The van der Waals surface area contributed by atoms with Gasteiger partial charge in [-0.1, -0.05) is 45.1 Å². The van der Waals surface area contributed by atoms with Gasteiger partial charge in [0.05, 0.1) is 16.7 Å². The van der Waals surface area contributed by atoms with Crippen molar-refractivity contribution in [3.63, 3.8) is 0 Å². The van der Waals surface area contributed by atoms with Crippen molar-refractivity contribution in [2.45, 2.75) is 32.6 Å². The molecular weight excluding hydrogens is 484 g/mol. The number of hydrogen-bond acceptors (Lipinski definition) is 7. The van der Waals surface area contributed by atoms with Gasteiger partial charge < -0.3 is 9.64 Å². The molecule has 8 nitrogen and oxygen atoms in total. The molecule has 190 valence electrons. The van der Waals surface area contributed by atoms with Crippen LogP contribution in [0.25, 0.3) is 10.2 Å². The van der Waals surface area contributed by atoms with Gasteiger partial charge in [0.15, 0.2) is 5.13 Å². The minimum Gasteiger partial charge on any atom is -0.494 e. The van der Waals surface area contributed by atoms with Crippen LogP contribution in [0, 0.1) is 0 Å². The number of likely N-dealkylation sites (N-methyl/N-ethyl adjacent to an activating group) is 1. The van der Waals surface area contributed by atoms with E-state index < -0.39 is 10.0 Å². The van der Waals surface area contributed by atoms with Crippen LogP contribution in [0.1, 0.15) is 38.1 Å². The highest BCUT2D eigenvalue weighted by Crippen LogP contribution is 2.34. The van der Waals surface area contributed by atoms with Crippen LogP contribution in [-0.2, 0) is 10.0 Å². The number of carbonyl (C=O) groups is 1. The lowest BCUT2D eigenvalue weighted by molar-refractivity contribution is 0.0983. The second kappa shape index (κ2) is 11.9. The second-order valence-corrected chi connectivity index (χ2v) is 10.8. The summed E-state index contributed by atoms with van der Waals surface area (Å²) in [5, 5.41) is 0.585. The topological polar surface area (TPSA) is 83.1 Å². The first-order valence-electron chi connectivity index (χ1n) is 11.9. The molecule has 0 bridgehead atoms. The second-order valence-electron chi connectivity index (χ2n) is 7.90. The molecule has 0 saturated heterocycles. The minimum absolute atomic E-state index is 0.178. The number of methoxy groups -OCH3 is 1. The van der Waals surface area contributed by atoms with Crippen LogP contribution in [0.4, 0.5) is 5.13 Å². The first-order valence-corrected chi connectivity index (χ1v) is 14.1. The lowest BCUT2D eigenvalue weighted by atomic mass is 10.2. The van der Waals surface area contributed by atoms with E-state index in [1.807, 2.05) is 18.2 Å². The fraction of sp³-hybridized carbons (Fsp3) is 0.440. The molecule has 3 rings (SSSR count). The van der Waals surface area contributed by atoms with Crippen LogP contribution in [0.5, 0.6) is 5.75 Å². The predicted molar refractivity (Wildman–Crippen MR) is 142 cm³/mol. The summed E-state index contributed by atoms with van der Waals surface area (Å²) in [4.78, 5) is 22.5. The Hall–Kier alpha value is -2.53. The molecule has 0 spiro atoms. The third-order valence-corrected chi connectivity index (χ3v) is 9.15. The van der Waals surface area contributed by atoms with Crippen LogP contribution in [-0.4, -0.2) is 74.9 Å². The molecule has 0 atom stereocenters. The highest BCUT2D eigenvalue weighted by Gasteiger charge is 2.25. The van der Waals surface area contributed by atoms with Crippen molar-refractivity contribution in [1.29, 1.82) is 0 Å². The van der Waals surface area contributed by atoms with E-state index in [1.165, 1.54) is 27.8 Å². The number of amides is 1. The van der Waals surface area contributed by atoms with E-state index in [0.717, 1.165) is 23.3 Å². The number of anilines is 1. The van der Waals surface area contributed by atoms with Crippen LogP contribution >= 0.6 is 11.3 Å². The molecule has 35 heavy (non-hydrogen) atoms. The molecule has 0 aliphatic rings. The van der Waals surface area contributed by atoms with Crippen molar-refractivity contribution < 1.29 is 17.9 Å². The molecule has 2 aromatic carbocycles. The number of sulfonamides is 1. The van der Waals surface area contributed by atoms with Crippen molar-refractivity contribution in [3.05, 3.63) is 48.0 Å². The molecule has 0 fully saturated rings. The fourth-order valence-electron chi connectivity index (χ4n) is 3.89. The van der Waals surface area contributed by atoms with Gasteiger partial charge in [-0.2, -0.15) is 4.31 Å². The average molecular weight is 519 g/mol. The van der Waals surface area contributed by atoms with Gasteiger partial charge >= 0.3 is 0 Å². The number of hydrogen-bond donors (Lipinski definition) is 0. The van der Waals surface area contributed by atoms with Crippen molar-refractivity contribution in [1.82, 2.24) is 14.2 Å². The molecule has 1 amide bonds. The van der Waals surface area contributed by atoms with Gasteiger partial charge in [-0.05, 0) is 49.5 Å². The predicted octanol–water partition coefficient (Wildman–Crippen LogP) is 4.32. The quantitative estimate of drug-likeness (QED) is 0.355. The average Bonchev–Trinajstić information content (AvgIpc) is 3.31. The van der Waals surface area contributed by atoms with E-state index >= 15 is 0 Å². The Balaban J connectivity index is 1.97. The lowest BCUT2D eigenvalue weighted by Crippen LogP contribution is -2.39. The molecule has 10 heteroatoms. The molecule has 0 N–H and O–H groups in total. The number of aromatic nitrogens is 1. The summed E-state index contributed by atoms with van der Waals surface area (Å²) in [6.45, 7) is 11.5. The zero-order valence-corrected chi connectivity index (χ0v) is 22.7. The third kappa shape index (κ3) is 5.83. The SMILES string of the molecule is CCN(CC)CCN(C(=O)c1ccc(S(=O)(=O)N(CC)CC)cc1)c1nc2c(OC)cccc2s1. The Bertz CT molecular complexity index is 1230. The van der Waals surface area contributed by atoms with Gasteiger partial charge in [0.25, 0.3) is 5.91 Å². The van der Waals surface area contributed by atoms with Gasteiger partial charge in [0.2, 0.25) is 10.0 Å². The molecule has 0 aliphatic carbocycles. The Morgan fingerprint density at radius 1 is 0.943 bits per heavy atom. The summed E-state index contributed by atoms with van der Waals surface area (Å²) >= 11 is 1.43. The first kappa shape index (κ1) is 27.1. The fourth-order valence-corrected chi connectivity index (χ4v) is 6.36. The van der Waals surface area contributed by atoms with Crippen molar-refractivity contribution in [2.75, 3.05) is 51.3 Å². The van der Waals surface area contributed by atoms with Gasteiger partial charge in [-0.25, -0.2) is 13.4 Å². The first-order chi connectivity index (χ1) is 16.8. The Labute approximate surface area is 212 Å². The van der Waals surface area contributed by atoms with E-state index in [1.54, 1.807) is 38.0 Å². The smallest absolute Gasteiger partial charge is 0.260 e. The number of rotatable bonds is 12.